The Bertz CT molecular complexity index is 718. The molecule has 1 fully saturated rings. The minimum atomic E-state index is 0.0999. The van der Waals surface area contributed by atoms with Gasteiger partial charge < -0.3 is 4.90 Å². The molecule has 0 spiro atoms. The molecule has 106 valence electrons. The van der Waals surface area contributed by atoms with E-state index in [4.69, 9.17) is 5.53 Å². The lowest BCUT2D eigenvalue weighted by atomic mass is 10.1. The molecule has 1 aromatic carbocycles. The molecule has 6 nitrogen and oxygen atoms in total. The Labute approximate surface area is 122 Å². The Balaban J connectivity index is 1.79. The van der Waals surface area contributed by atoms with Crippen molar-refractivity contribution in [1.82, 2.24) is 9.88 Å². The zero-order valence-corrected chi connectivity index (χ0v) is 11.5. The number of pyridine rings is 1. The van der Waals surface area contributed by atoms with Crippen molar-refractivity contribution < 1.29 is 4.79 Å². The van der Waals surface area contributed by atoms with E-state index in [1.54, 1.807) is 11.1 Å². The highest BCUT2D eigenvalue weighted by Crippen LogP contribution is 2.23. The largest absolute Gasteiger partial charge is 0.336 e. The van der Waals surface area contributed by atoms with E-state index < -0.39 is 0 Å². The second-order valence-corrected chi connectivity index (χ2v) is 5.24. The SMILES string of the molecule is [N-]=[N+]=NCC1CC(=O)N(Cc2nccc3ccccc23)C1. The van der Waals surface area contributed by atoms with E-state index in [0.717, 1.165) is 16.5 Å². The summed E-state index contributed by atoms with van der Waals surface area (Å²) in [6, 6.07) is 9.99. The van der Waals surface area contributed by atoms with Gasteiger partial charge in [-0.15, -0.1) is 0 Å². The molecule has 1 unspecified atom stereocenters. The third-order valence-electron chi connectivity index (χ3n) is 3.79. The molecule has 1 aliphatic heterocycles. The summed E-state index contributed by atoms with van der Waals surface area (Å²) < 4.78 is 0. The minimum Gasteiger partial charge on any atom is -0.336 e. The third kappa shape index (κ3) is 2.80. The summed E-state index contributed by atoms with van der Waals surface area (Å²) in [6.07, 6.45) is 2.22. The highest BCUT2D eigenvalue weighted by molar-refractivity contribution is 5.85. The number of nitrogens with zero attached hydrogens (tertiary/aromatic N) is 5. The number of likely N-dealkylation sites (tertiary alicyclic amines) is 1. The summed E-state index contributed by atoms with van der Waals surface area (Å²) in [7, 11) is 0. The third-order valence-corrected chi connectivity index (χ3v) is 3.79. The first-order valence-electron chi connectivity index (χ1n) is 6.89. The Morgan fingerprint density at radius 2 is 2.24 bits per heavy atom. The lowest BCUT2D eigenvalue weighted by Gasteiger charge is -2.17. The molecule has 0 radical (unpaired) electrons. The average molecular weight is 281 g/mol. The number of carbonyl (C=O) groups is 1. The first kappa shape index (κ1) is 13.4. The Morgan fingerprint density at radius 1 is 1.38 bits per heavy atom. The molecule has 1 saturated heterocycles. The molecule has 1 aliphatic rings. The van der Waals surface area contributed by atoms with E-state index in [-0.39, 0.29) is 11.8 Å². The van der Waals surface area contributed by atoms with E-state index >= 15 is 0 Å². The summed E-state index contributed by atoms with van der Waals surface area (Å²) >= 11 is 0. The van der Waals surface area contributed by atoms with Crippen molar-refractivity contribution in [3.05, 3.63) is 52.7 Å². The summed E-state index contributed by atoms with van der Waals surface area (Å²) in [6.45, 7) is 1.51. The van der Waals surface area contributed by atoms with Crippen LogP contribution in [0.25, 0.3) is 21.2 Å². The zero-order chi connectivity index (χ0) is 14.7. The van der Waals surface area contributed by atoms with E-state index in [1.165, 1.54) is 0 Å². The maximum absolute atomic E-state index is 12.1. The lowest BCUT2D eigenvalue weighted by molar-refractivity contribution is -0.128. The summed E-state index contributed by atoms with van der Waals surface area (Å²) in [5.74, 6) is 0.214. The Hall–Kier alpha value is -2.59. The van der Waals surface area contributed by atoms with Gasteiger partial charge >= 0.3 is 0 Å². The fraction of sp³-hybridized carbons (Fsp3) is 0.333. The van der Waals surface area contributed by atoms with Crippen molar-refractivity contribution in [3.63, 3.8) is 0 Å². The number of carbonyl (C=O) groups excluding carboxylic acids is 1. The molecule has 1 atom stereocenters. The monoisotopic (exact) mass is 281 g/mol. The summed E-state index contributed by atoms with van der Waals surface area (Å²) in [5, 5.41) is 5.77. The van der Waals surface area contributed by atoms with Crippen LogP contribution in [0.15, 0.2) is 41.6 Å². The van der Waals surface area contributed by atoms with E-state index in [2.05, 4.69) is 15.0 Å². The van der Waals surface area contributed by atoms with Gasteiger partial charge in [0.15, 0.2) is 0 Å². The van der Waals surface area contributed by atoms with Crippen molar-refractivity contribution in [2.24, 2.45) is 11.0 Å². The molecule has 0 bridgehead atoms. The molecule has 0 aliphatic carbocycles. The van der Waals surface area contributed by atoms with Crippen molar-refractivity contribution in [2.75, 3.05) is 13.1 Å². The van der Waals surface area contributed by atoms with Gasteiger partial charge in [0, 0.05) is 36.0 Å². The van der Waals surface area contributed by atoms with Crippen LogP contribution in [0, 0.1) is 5.92 Å². The smallest absolute Gasteiger partial charge is 0.223 e. The number of hydrogen-bond acceptors (Lipinski definition) is 3. The number of aromatic nitrogens is 1. The van der Waals surface area contributed by atoms with Crippen molar-refractivity contribution in [1.29, 1.82) is 0 Å². The molecule has 1 amide bonds. The molecule has 6 heteroatoms. The number of fused-ring (bicyclic) bond motifs is 1. The lowest BCUT2D eigenvalue weighted by Crippen LogP contribution is -2.25. The number of hydrogen-bond donors (Lipinski definition) is 0. The van der Waals surface area contributed by atoms with Crippen LogP contribution < -0.4 is 0 Å². The zero-order valence-electron chi connectivity index (χ0n) is 11.5. The molecule has 0 saturated carbocycles. The molecular formula is C15H15N5O. The van der Waals surface area contributed by atoms with Gasteiger partial charge in [0.2, 0.25) is 5.91 Å². The van der Waals surface area contributed by atoms with Crippen LogP contribution in [0.5, 0.6) is 0 Å². The topological polar surface area (TPSA) is 82.0 Å². The first-order valence-corrected chi connectivity index (χ1v) is 6.89. The van der Waals surface area contributed by atoms with Crippen molar-refractivity contribution in [2.45, 2.75) is 13.0 Å². The number of benzene rings is 1. The van der Waals surface area contributed by atoms with Crippen molar-refractivity contribution in [3.8, 4) is 0 Å². The van der Waals surface area contributed by atoms with Crippen LogP contribution in [0.4, 0.5) is 0 Å². The predicted octanol–water partition coefficient (Wildman–Crippen LogP) is 2.89. The summed E-state index contributed by atoms with van der Waals surface area (Å²) in [5.41, 5.74) is 9.27. The Morgan fingerprint density at radius 3 is 3.10 bits per heavy atom. The molecular weight excluding hydrogens is 266 g/mol. The van der Waals surface area contributed by atoms with Gasteiger partial charge in [-0.05, 0) is 22.9 Å². The fourth-order valence-electron chi connectivity index (χ4n) is 2.77. The van der Waals surface area contributed by atoms with Crippen LogP contribution >= 0.6 is 0 Å². The molecule has 1 aromatic heterocycles. The maximum atomic E-state index is 12.1. The van der Waals surface area contributed by atoms with Gasteiger partial charge in [0.25, 0.3) is 0 Å². The highest BCUT2D eigenvalue weighted by Gasteiger charge is 2.29. The normalized spacial score (nSPS) is 18.0. The second-order valence-electron chi connectivity index (χ2n) is 5.24. The highest BCUT2D eigenvalue weighted by atomic mass is 16.2. The van der Waals surface area contributed by atoms with Gasteiger partial charge in [-0.2, -0.15) is 0 Å². The van der Waals surface area contributed by atoms with Crippen LogP contribution in [-0.2, 0) is 11.3 Å². The quantitative estimate of drug-likeness (QED) is 0.490. The number of azide groups is 1. The van der Waals surface area contributed by atoms with Gasteiger partial charge in [0.05, 0.1) is 12.2 Å². The fourth-order valence-corrected chi connectivity index (χ4v) is 2.77. The van der Waals surface area contributed by atoms with Crippen LogP contribution in [0.2, 0.25) is 0 Å². The maximum Gasteiger partial charge on any atom is 0.223 e. The van der Waals surface area contributed by atoms with E-state index in [1.807, 2.05) is 30.3 Å². The van der Waals surface area contributed by atoms with Gasteiger partial charge in [-0.1, -0.05) is 29.4 Å². The van der Waals surface area contributed by atoms with Crippen LogP contribution in [0.1, 0.15) is 12.1 Å². The Kier molecular flexibility index (Phi) is 3.71. The molecule has 2 heterocycles. The van der Waals surface area contributed by atoms with Crippen LogP contribution in [0.3, 0.4) is 0 Å². The van der Waals surface area contributed by atoms with E-state index in [0.29, 0.717) is 26.1 Å². The van der Waals surface area contributed by atoms with Gasteiger partial charge in [-0.25, -0.2) is 0 Å². The minimum absolute atomic E-state index is 0.0999. The number of amides is 1. The first-order chi connectivity index (χ1) is 10.3. The van der Waals surface area contributed by atoms with Crippen molar-refractivity contribution >= 4 is 16.7 Å². The summed E-state index contributed by atoms with van der Waals surface area (Å²) in [4.78, 5) is 21.0. The number of rotatable bonds is 4. The van der Waals surface area contributed by atoms with Gasteiger partial charge in [-0.3, -0.25) is 9.78 Å². The standard InChI is InChI=1S/C15H15N5O/c16-19-18-8-11-7-15(21)20(9-11)10-14-13-4-2-1-3-12(13)5-6-17-14/h1-6,11H,7-10H2. The average Bonchev–Trinajstić information content (AvgIpc) is 2.86. The van der Waals surface area contributed by atoms with E-state index in [9.17, 15) is 4.79 Å². The van der Waals surface area contributed by atoms with Gasteiger partial charge in [0.1, 0.15) is 0 Å². The molecule has 0 N–H and O–H groups in total. The predicted molar refractivity (Wildman–Crippen MR) is 79.3 cm³/mol. The molecule has 3 rings (SSSR count). The molecule has 21 heavy (non-hydrogen) atoms. The van der Waals surface area contributed by atoms with Crippen LogP contribution in [-0.4, -0.2) is 28.9 Å². The second kappa shape index (κ2) is 5.81. The molecule has 2 aromatic rings.